The van der Waals surface area contributed by atoms with Gasteiger partial charge >= 0.3 is 0 Å². The van der Waals surface area contributed by atoms with Crippen molar-refractivity contribution in [3.05, 3.63) is 54.6 Å². The summed E-state index contributed by atoms with van der Waals surface area (Å²) in [5, 5.41) is 0. The maximum Gasteiger partial charge on any atom is 0.258 e. The zero-order valence-corrected chi connectivity index (χ0v) is 12.9. The third kappa shape index (κ3) is 4.43. The van der Waals surface area contributed by atoms with Crippen LogP contribution >= 0.6 is 0 Å². The van der Waals surface area contributed by atoms with E-state index in [9.17, 15) is 9.59 Å². The third-order valence-corrected chi connectivity index (χ3v) is 3.31. The molecule has 0 spiro atoms. The minimum atomic E-state index is -0.578. The summed E-state index contributed by atoms with van der Waals surface area (Å²) < 4.78 is 10.7. The van der Waals surface area contributed by atoms with Gasteiger partial charge in [0.1, 0.15) is 18.5 Å². The average molecular weight is 316 g/mol. The Morgan fingerprint density at radius 1 is 1.35 bits per heavy atom. The molecule has 1 atom stereocenters. The van der Waals surface area contributed by atoms with E-state index in [2.05, 4.69) is 13.2 Å². The van der Waals surface area contributed by atoms with Crippen LogP contribution in [0.1, 0.15) is 20.7 Å². The van der Waals surface area contributed by atoms with E-state index < -0.39 is 5.91 Å². The van der Waals surface area contributed by atoms with E-state index in [-0.39, 0.29) is 17.6 Å². The lowest BCUT2D eigenvalue weighted by atomic mass is 10.1. The predicted octanol–water partition coefficient (Wildman–Crippen LogP) is 1.38. The number of primary amides is 1. The number of epoxide rings is 1. The van der Waals surface area contributed by atoms with Crippen molar-refractivity contribution in [1.82, 2.24) is 4.90 Å². The lowest BCUT2D eigenvalue weighted by Gasteiger charge is -2.21. The summed E-state index contributed by atoms with van der Waals surface area (Å²) in [7, 11) is 0. The van der Waals surface area contributed by atoms with Gasteiger partial charge in [0.05, 0.1) is 12.2 Å². The summed E-state index contributed by atoms with van der Waals surface area (Å²) in [6, 6.07) is 4.54. The molecule has 2 amide bonds. The lowest BCUT2D eigenvalue weighted by molar-refractivity contribution is 0.0785. The van der Waals surface area contributed by atoms with Crippen molar-refractivity contribution in [3.63, 3.8) is 0 Å². The highest BCUT2D eigenvalue weighted by Gasteiger charge is 2.25. The number of hydrogen-bond donors (Lipinski definition) is 1. The number of carbonyl (C=O) groups is 2. The van der Waals surface area contributed by atoms with Gasteiger partial charge in [-0.3, -0.25) is 9.59 Å². The Morgan fingerprint density at radius 2 is 2.00 bits per heavy atom. The molecule has 2 N–H and O–H groups in total. The fourth-order valence-electron chi connectivity index (χ4n) is 2.04. The van der Waals surface area contributed by atoms with Gasteiger partial charge in [0.15, 0.2) is 0 Å². The summed E-state index contributed by atoms with van der Waals surface area (Å²) in [4.78, 5) is 25.6. The van der Waals surface area contributed by atoms with E-state index in [1.165, 1.54) is 12.1 Å². The maximum atomic E-state index is 12.7. The molecule has 1 saturated heterocycles. The van der Waals surface area contributed by atoms with E-state index in [1.807, 2.05) is 0 Å². The monoisotopic (exact) mass is 316 g/mol. The molecule has 1 heterocycles. The molecular formula is C17H20N2O4. The van der Waals surface area contributed by atoms with Crippen molar-refractivity contribution in [1.29, 1.82) is 0 Å². The molecule has 122 valence electrons. The molecule has 0 bridgehead atoms. The van der Waals surface area contributed by atoms with Crippen LogP contribution < -0.4 is 10.5 Å². The SMILES string of the molecule is C=CCN(CC=C)C(=O)c1ccc(C(N)=O)cc1OCC1CO1. The van der Waals surface area contributed by atoms with Crippen molar-refractivity contribution in [3.8, 4) is 5.75 Å². The Labute approximate surface area is 135 Å². The number of hydrogen-bond acceptors (Lipinski definition) is 4. The molecule has 6 nitrogen and oxygen atoms in total. The number of carbonyl (C=O) groups excluding carboxylic acids is 2. The molecule has 23 heavy (non-hydrogen) atoms. The summed E-state index contributed by atoms with van der Waals surface area (Å²) in [5.74, 6) is -0.488. The van der Waals surface area contributed by atoms with Crippen LogP contribution in [0.3, 0.4) is 0 Å². The Kier molecular flexibility index (Phi) is 5.54. The van der Waals surface area contributed by atoms with Gasteiger partial charge in [-0.15, -0.1) is 13.2 Å². The number of nitrogens with zero attached hydrogens (tertiary/aromatic N) is 1. The second-order valence-electron chi connectivity index (χ2n) is 5.13. The fraction of sp³-hybridized carbons (Fsp3) is 0.294. The van der Waals surface area contributed by atoms with Crippen LogP contribution in [0.2, 0.25) is 0 Å². The fourth-order valence-corrected chi connectivity index (χ4v) is 2.04. The van der Waals surface area contributed by atoms with Crippen LogP contribution in [-0.2, 0) is 4.74 Å². The van der Waals surface area contributed by atoms with Crippen LogP contribution in [0.25, 0.3) is 0 Å². The average Bonchev–Trinajstić information content (AvgIpc) is 3.36. The van der Waals surface area contributed by atoms with Gasteiger partial charge < -0.3 is 20.1 Å². The highest BCUT2D eigenvalue weighted by Crippen LogP contribution is 2.24. The van der Waals surface area contributed by atoms with E-state index >= 15 is 0 Å². The van der Waals surface area contributed by atoms with Crippen molar-refractivity contribution in [2.45, 2.75) is 6.10 Å². The van der Waals surface area contributed by atoms with Gasteiger partial charge in [0, 0.05) is 18.7 Å². The second-order valence-corrected chi connectivity index (χ2v) is 5.13. The van der Waals surface area contributed by atoms with Gasteiger partial charge in [0.2, 0.25) is 5.91 Å². The quantitative estimate of drug-likeness (QED) is 0.551. The highest BCUT2D eigenvalue weighted by atomic mass is 16.6. The molecule has 0 aromatic heterocycles. The topological polar surface area (TPSA) is 85.2 Å². The summed E-state index contributed by atoms with van der Waals surface area (Å²) in [6.45, 7) is 9.03. The van der Waals surface area contributed by atoms with Crippen molar-refractivity contribution >= 4 is 11.8 Å². The van der Waals surface area contributed by atoms with Gasteiger partial charge in [-0.05, 0) is 18.2 Å². The van der Waals surface area contributed by atoms with Crippen LogP contribution in [0, 0.1) is 0 Å². The molecule has 1 aromatic carbocycles. The van der Waals surface area contributed by atoms with Crippen molar-refractivity contribution in [2.24, 2.45) is 5.73 Å². The van der Waals surface area contributed by atoms with Crippen LogP contribution in [-0.4, -0.2) is 49.1 Å². The predicted molar refractivity (Wildman–Crippen MR) is 86.5 cm³/mol. The van der Waals surface area contributed by atoms with Crippen LogP contribution in [0.15, 0.2) is 43.5 Å². The van der Waals surface area contributed by atoms with E-state index in [4.69, 9.17) is 15.2 Å². The van der Waals surface area contributed by atoms with Gasteiger partial charge in [-0.2, -0.15) is 0 Å². The Balaban J connectivity index is 2.29. The number of ether oxygens (including phenoxy) is 2. The first-order valence-corrected chi connectivity index (χ1v) is 7.26. The zero-order valence-electron chi connectivity index (χ0n) is 12.9. The van der Waals surface area contributed by atoms with Gasteiger partial charge in [-0.25, -0.2) is 0 Å². The standard InChI is InChI=1S/C17H20N2O4/c1-3-7-19(8-4-2)17(21)14-6-5-12(16(18)20)9-15(14)23-11-13-10-22-13/h3-6,9,13H,1-2,7-8,10-11H2,(H2,18,20). The van der Waals surface area contributed by atoms with Crippen molar-refractivity contribution in [2.75, 3.05) is 26.3 Å². The number of nitrogens with two attached hydrogens (primary N) is 1. The molecule has 1 unspecified atom stereocenters. The van der Waals surface area contributed by atoms with E-state index in [0.29, 0.717) is 37.6 Å². The molecule has 1 fully saturated rings. The highest BCUT2D eigenvalue weighted by molar-refractivity contribution is 6.00. The van der Waals surface area contributed by atoms with E-state index in [0.717, 1.165) is 0 Å². The molecule has 2 rings (SSSR count). The van der Waals surface area contributed by atoms with Crippen LogP contribution in [0.5, 0.6) is 5.75 Å². The summed E-state index contributed by atoms with van der Waals surface area (Å²) in [6.07, 6.45) is 3.31. The van der Waals surface area contributed by atoms with Crippen LogP contribution in [0.4, 0.5) is 0 Å². The first-order valence-electron chi connectivity index (χ1n) is 7.26. The first kappa shape index (κ1) is 16.8. The normalized spacial score (nSPS) is 15.6. The zero-order chi connectivity index (χ0) is 16.8. The van der Waals surface area contributed by atoms with Crippen molar-refractivity contribution < 1.29 is 19.1 Å². The number of amides is 2. The molecule has 1 aliphatic rings. The molecular weight excluding hydrogens is 296 g/mol. The number of rotatable bonds is 9. The van der Waals surface area contributed by atoms with Gasteiger partial charge in [-0.1, -0.05) is 12.2 Å². The molecule has 1 aliphatic heterocycles. The molecule has 6 heteroatoms. The molecule has 0 aliphatic carbocycles. The Morgan fingerprint density at radius 3 is 2.52 bits per heavy atom. The third-order valence-electron chi connectivity index (χ3n) is 3.31. The van der Waals surface area contributed by atoms with E-state index in [1.54, 1.807) is 23.1 Å². The molecule has 0 saturated carbocycles. The Hall–Kier alpha value is -2.60. The minimum absolute atomic E-state index is 0.0349. The largest absolute Gasteiger partial charge is 0.490 e. The molecule has 0 radical (unpaired) electrons. The molecule has 1 aromatic rings. The maximum absolute atomic E-state index is 12.7. The first-order chi connectivity index (χ1) is 11.1. The lowest BCUT2D eigenvalue weighted by Crippen LogP contribution is -2.31. The smallest absolute Gasteiger partial charge is 0.258 e. The number of benzene rings is 1. The Bertz CT molecular complexity index is 613. The second kappa shape index (κ2) is 7.60. The van der Waals surface area contributed by atoms with Gasteiger partial charge in [0.25, 0.3) is 5.91 Å². The minimum Gasteiger partial charge on any atom is -0.490 e. The summed E-state index contributed by atoms with van der Waals surface area (Å²) in [5.41, 5.74) is 5.94. The summed E-state index contributed by atoms with van der Waals surface area (Å²) >= 11 is 0.